The molecule has 0 unspecified atom stereocenters. The number of nitrogen functional groups attached to an aromatic ring is 1. The number of rotatable bonds is 3. The van der Waals surface area contributed by atoms with Gasteiger partial charge in [0.25, 0.3) is 0 Å². The molecule has 2 aromatic heterocycles. The van der Waals surface area contributed by atoms with E-state index in [4.69, 9.17) is 5.73 Å². The number of pyridine rings is 2. The minimum absolute atomic E-state index is 0.0454. The van der Waals surface area contributed by atoms with Crippen LogP contribution in [-0.2, 0) is 4.79 Å². The molecule has 0 spiro atoms. The van der Waals surface area contributed by atoms with Crippen molar-refractivity contribution < 1.29 is 4.79 Å². The fraction of sp³-hybridized carbons (Fsp3) is 0.286. The van der Waals surface area contributed by atoms with E-state index in [-0.39, 0.29) is 11.8 Å². The summed E-state index contributed by atoms with van der Waals surface area (Å²) in [6.45, 7) is 6.26. The zero-order valence-electron chi connectivity index (χ0n) is 15.2. The van der Waals surface area contributed by atoms with E-state index < -0.39 is 0 Å². The van der Waals surface area contributed by atoms with Gasteiger partial charge in [-0.1, -0.05) is 13.8 Å². The van der Waals surface area contributed by atoms with Gasteiger partial charge in [-0.25, -0.2) is 4.98 Å². The molecule has 132 valence electrons. The Balaban J connectivity index is 1.71. The second-order valence-corrected chi connectivity index (χ2v) is 7.28. The highest BCUT2D eigenvalue weighted by molar-refractivity contribution is 6.00. The van der Waals surface area contributed by atoms with Crippen LogP contribution in [-0.4, -0.2) is 15.9 Å². The number of nitrogens with two attached hydrogens (primary N) is 1. The second kappa shape index (κ2) is 6.09. The van der Waals surface area contributed by atoms with Gasteiger partial charge >= 0.3 is 0 Å². The summed E-state index contributed by atoms with van der Waals surface area (Å²) in [5, 5.41) is 4.77. The zero-order valence-corrected chi connectivity index (χ0v) is 15.2. The summed E-state index contributed by atoms with van der Waals surface area (Å²) in [5.74, 6) is 1.57. The third-order valence-electron chi connectivity index (χ3n) is 5.59. The molecular formula is C21H22N4O. The quantitative estimate of drug-likeness (QED) is 0.702. The molecule has 1 amide bonds. The largest absolute Gasteiger partial charge is 0.398 e. The van der Waals surface area contributed by atoms with E-state index in [9.17, 15) is 4.79 Å². The molecule has 2 heterocycles. The standard InChI is InChI=1S/C21H22N4O/c1-11-4-5-23-9-16(11)14-6-15-8-19(24-10-17(15)18(22)7-14)25-21(26)20-12(2)13(20)3/h4-10,12-13,20H,22H2,1-3H3,(H,24,25,26)/t12-,13-/m0/s1. The molecule has 2 atom stereocenters. The summed E-state index contributed by atoms with van der Waals surface area (Å²) in [6, 6.07) is 7.87. The van der Waals surface area contributed by atoms with Crippen LogP contribution in [0.4, 0.5) is 11.5 Å². The summed E-state index contributed by atoms with van der Waals surface area (Å²) < 4.78 is 0. The first-order valence-corrected chi connectivity index (χ1v) is 8.87. The highest BCUT2D eigenvalue weighted by Crippen LogP contribution is 2.45. The highest BCUT2D eigenvalue weighted by Gasteiger charge is 2.48. The topological polar surface area (TPSA) is 80.9 Å². The van der Waals surface area contributed by atoms with E-state index >= 15 is 0 Å². The molecule has 4 rings (SSSR count). The number of hydrogen-bond acceptors (Lipinski definition) is 4. The third kappa shape index (κ3) is 2.79. The normalized spacial score (nSPS) is 21.6. The monoisotopic (exact) mass is 346 g/mol. The predicted octanol–water partition coefficient (Wildman–Crippen LogP) is 4.03. The number of benzene rings is 1. The summed E-state index contributed by atoms with van der Waals surface area (Å²) >= 11 is 0. The van der Waals surface area contributed by atoms with Crippen LogP contribution in [0.1, 0.15) is 19.4 Å². The average molecular weight is 346 g/mol. The number of nitrogens with one attached hydrogen (secondary N) is 1. The summed E-state index contributed by atoms with van der Waals surface area (Å²) in [7, 11) is 0. The van der Waals surface area contributed by atoms with E-state index in [0.717, 1.165) is 27.5 Å². The fourth-order valence-corrected chi connectivity index (χ4v) is 3.63. The minimum Gasteiger partial charge on any atom is -0.398 e. The van der Waals surface area contributed by atoms with E-state index in [1.165, 1.54) is 0 Å². The van der Waals surface area contributed by atoms with Gasteiger partial charge in [0.1, 0.15) is 5.82 Å². The molecule has 0 saturated heterocycles. The lowest BCUT2D eigenvalue weighted by molar-refractivity contribution is -0.117. The maximum absolute atomic E-state index is 12.3. The molecule has 0 radical (unpaired) electrons. The van der Waals surface area contributed by atoms with Crippen molar-refractivity contribution in [2.24, 2.45) is 17.8 Å². The molecule has 5 nitrogen and oxygen atoms in total. The number of hydrogen-bond donors (Lipinski definition) is 2. The molecule has 3 aromatic rings. The Hall–Kier alpha value is -2.95. The van der Waals surface area contributed by atoms with Gasteiger partial charge in [0.15, 0.2) is 0 Å². The summed E-state index contributed by atoms with van der Waals surface area (Å²) in [4.78, 5) is 20.9. The maximum atomic E-state index is 12.3. The van der Waals surface area contributed by atoms with Gasteiger partial charge in [-0.05, 0) is 59.5 Å². The molecule has 1 saturated carbocycles. The van der Waals surface area contributed by atoms with Crippen molar-refractivity contribution in [3.8, 4) is 11.1 Å². The first kappa shape index (κ1) is 16.5. The summed E-state index contributed by atoms with van der Waals surface area (Å²) in [5.41, 5.74) is 10.1. The van der Waals surface area contributed by atoms with Crippen LogP contribution in [0, 0.1) is 24.7 Å². The number of carbonyl (C=O) groups is 1. The lowest BCUT2D eigenvalue weighted by Gasteiger charge is -2.11. The van der Waals surface area contributed by atoms with Crippen LogP contribution >= 0.6 is 0 Å². The fourth-order valence-electron chi connectivity index (χ4n) is 3.63. The van der Waals surface area contributed by atoms with Crippen LogP contribution < -0.4 is 11.1 Å². The van der Waals surface area contributed by atoms with Crippen LogP contribution in [0.25, 0.3) is 21.9 Å². The van der Waals surface area contributed by atoms with Gasteiger partial charge < -0.3 is 11.1 Å². The first-order valence-electron chi connectivity index (χ1n) is 8.87. The van der Waals surface area contributed by atoms with Crippen LogP contribution in [0.5, 0.6) is 0 Å². The molecule has 1 aliphatic rings. The zero-order chi connectivity index (χ0) is 18.4. The number of anilines is 2. The van der Waals surface area contributed by atoms with E-state index in [2.05, 4.69) is 35.2 Å². The van der Waals surface area contributed by atoms with Crippen LogP contribution in [0.2, 0.25) is 0 Å². The van der Waals surface area contributed by atoms with Gasteiger partial charge in [-0.3, -0.25) is 9.78 Å². The molecule has 1 fully saturated rings. The molecule has 5 heteroatoms. The van der Waals surface area contributed by atoms with Crippen molar-refractivity contribution in [1.82, 2.24) is 9.97 Å². The van der Waals surface area contributed by atoms with Crippen molar-refractivity contribution in [2.45, 2.75) is 20.8 Å². The maximum Gasteiger partial charge on any atom is 0.229 e. The minimum atomic E-state index is 0.0454. The van der Waals surface area contributed by atoms with E-state index in [1.54, 1.807) is 12.4 Å². The number of fused-ring (bicyclic) bond motifs is 1. The molecule has 0 bridgehead atoms. The molecule has 26 heavy (non-hydrogen) atoms. The van der Waals surface area contributed by atoms with Crippen molar-refractivity contribution in [1.29, 1.82) is 0 Å². The number of amides is 1. The van der Waals surface area contributed by atoms with Crippen LogP contribution in [0.15, 0.2) is 42.9 Å². The number of carbonyl (C=O) groups excluding carboxylic acids is 1. The second-order valence-electron chi connectivity index (χ2n) is 7.28. The van der Waals surface area contributed by atoms with Crippen LogP contribution in [0.3, 0.4) is 0 Å². The average Bonchev–Trinajstić information content (AvgIpc) is 3.21. The lowest BCUT2D eigenvalue weighted by atomic mass is 9.99. The SMILES string of the molecule is Cc1ccncc1-c1cc(N)c2cnc(NC(=O)C3[C@@H](C)[C@@H]3C)cc2c1. The predicted molar refractivity (Wildman–Crippen MR) is 105 cm³/mol. The number of aryl methyl sites for hydroxylation is 1. The highest BCUT2D eigenvalue weighted by atomic mass is 16.2. The van der Waals surface area contributed by atoms with E-state index in [0.29, 0.717) is 23.3 Å². The Kier molecular flexibility index (Phi) is 3.87. The van der Waals surface area contributed by atoms with E-state index in [1.807, 2.05) is 31.3 Å². The van der Waals surface area contributed by atoms with Crippen molar-refractivity contribution in [3.05, 3.63) is 48.4 Å². The smallest absolute Gasteiger partial charge is 0.229 e. The number of nitrogens with zero attached hydrogens (tertiary/aromatic N) is 2. The molecule has 1 aliphatic carbocycles. The number of aromatic nitrogens is 2. The summed E-state index contributed by atoms with van der Waals surface area (Å²) in [6.07, 6.45) is 5.34. The Morgan fingerprint density at radius 2 is 1.92 bits per heavy atom. The van der Waals surface area contributed by atoms with Crippen molar-refractivity contribution >= 4 is 28.2 Å². The Bertz CT molecular complexity index is 1010. The Morgan fingerprint density at radius 1 is 1.15 bits per heavy atom. The van der Waals surface area contributed by atoms with Gasteiger partial charge in [0, 0.05) is 41.1 Å². The molecule has 1 aromatic carbocycles. The first-order chi connectivity index (χ1) is 12.5. The molecule has 0 aliphatic heterocycles. The third-order valence-corrected chi connectivity index (χ3v) is 5.59. The van der Waals surface area contributed by atoms with Gasteiger partial charge in [-0.2, -0.15) is 0 Å². The van der Waals surface area contributed by atoms with Gasteiger partial charge in [0.05, 0.1) is 0 Å². The van der Waals surface area contributed by atoms with Gasteiger partial charge in [0.2, 0.25) is 5.91 Å². The lowest BCUT2D eigenvalue weighted by Crippen LogP contribution is -2.16. The molecule has 3 N–H and O–H groups in total. The Morgan fingerprint density at radius 3 is 2.62 bits per heavy atom. The molecular weight excluding hydrogens is 324 g/mol. The van der Waals surface area contributed by atoms with Crippen molar-refractivity contribution in [3.63, 3.8) is 0 Å². The van der Waals surface area contributed by atoms with Crippen molar-refractivity contribution in [2.75, 3.05) is 11.1 Å². The Labute approximate surface area is 152 Å². The van der Waals surface area contributed by atoms with Gasteiger partial charge in [-0.15, -0.1) is 0 Å².